The third-order valence-corrected chi connectivity index (χ3v) is 6.57. The summed E-state index contributed by atoms with van der Waals surface area (Å²) in [6.07, 6.45) is 8.00. The van der Waals surface area contributed by atoms with E-state index < -0.39 is 0 Å². The van der Waals surface area contributed by atoms with Gasteiger partial charge in [-0.05, 0) is 48.6 Å². The van der Waals surface area contributed by atoms with E-state index in [2.05, 4.69) is 29.6 Å². The molecule has 0 radical (unpaired) electrons. The van der Waals surface area contributed by atoms with Gasteiger partial charge in [-0.2, -0.15) is 0 Å². The van der Waals surface area contributed by atoms with Gasteiger partial charge in [-0.1, -0.05) is 36.4 Å². The van der Waals surface area contributed by atoms with Crippen molar-refractivity contribution in [2.24, 2.45) is 23.7 Å². The predicted octanol–water partition coefficient (Wildman–Crippen LogP) is 1.99. The van der Waals surface area contributed by atoms with Crippen LogP contribution in [0.4, 0.5) is 0 Å². The summed E-state index contributed by atoms with van der Waals surface area (Å²) in [6.45, 7) is -0.150. The minimum atomic E-state index is -0.242. The van der Waals surface area contributed by atoms with Crippen LogP contribution < -0.4 is 5.32 Å². The van der Waals surface area contributed by atoms with Crippen LogP contribution in [0.1, 0.15) is 36.4 Å². The summed E-state index contributed by atoms with van der Waals surface area (Å²) >= 11 is 0. The molecular weight excluding hydrogens is 328 g/mol. The molecule has 3 amide bonds. The second-order valence-corrected chi connectivity index (χ2v) is 7.97. The molecule has 1 aromatic carbocycles. The first-order chi connectivity index (χ1) is 12.6. The topological polar surface area (TPSA) is 66.5 Å². The predicted molar refractivity (Wildman–Crippen MR) is 94.7 cm³/mol. The number of carbonyl (C=O) groups excluding carboxylic acids is 3. The van der Waals surface area contributed by atoms with Gasteiger partial charge in [-0.15, -0.1) is 0 Å². The lowest BCUT2D eigenvalue weighted by molar-refractivity contribution is -0.144. The summed E-state index contributed by atoms with van der Waals surface area (Å²) in [4.78, 5) is 39.2. The Bertz CT molecular complexity index is 800. The molecule has 26 heavy (non-hydrogen) atoms. The van der Waals surface area contributed by atoms with Crippen LogP contribution in [0.25, 0.3) is 0 Å². The normalized spacial score (nSPS) is 34.2. The van der Waals surface area contributed by atoms with Gasteiger partial charge in [0.15, 0.2) is 0 Å². The fourth-order valence-corrected chi connectivity index (χ4v) is 5.41. The first-order valence-electron chi connectivity index (χ1n) is 9.54. The SMILES string of the molecule is O=C(CN1C(=O)[C@@H]2[C@@H](C1=O)[C@H]1C=C[C@H]2C1)N[C@@H]1CCCc2ccccc21. The maximum absolute atomic E-state index is 12.7. The number of nitrogens with zero attached hydrogens (tertiary/aromatic N) is 1. The van der Waals surface area contributed by atoms with Crippen LogP contribution in [0.3, 0.4) is 0 Å². The van der Waals surface area contributed by atoms with Crippen LogP contribution >= 0.6 is 0 Å². The molecule has 1 N–H and O–H groups in total. The lowest BCUT2D eigenvalue weighted by Crippen LogP contribution is -2.43. The molecule has 2 fully saturated rings. The van der Waals surface area contributed by atoms with E-state index >= 15 is 0 Å². The molecule has 0 spiro atoms. The van der Waals surface area contributed by atoms with Gasteiger partial charge in [0.1, 0.15) is 6.54 Å². The molecule has 3 aliphatic carbocycles. The number of aryl methyl sites for hydroxylation is 1. The van der Waals surface area contributed by atoms with Gasteiger partial charge in [-0.3, -0.25) is 19.3 Å². The van der Waals surface area contributed by atoms with E-state index in [0.29, 0.717) is 0 Å². The minimum absolute atomic E-state index is 0.0300. The van der Waals surface area contributed by atoms with E-state index in [-0.39, 0.29) is 54.0 Å². The summed E-state index contributed by atoms with van der Waals surface area (Å²) < 4.78 is 0. The number of nitrogens with one attached hydrogen (secondary N) is 1. The number of imide groups is 1. The number of amides is 3. The highest BCUT2D eigenvalue weighted by atomic mass is 16.2. The van der Waals surface area contributed by atoms with Crippen molar-refractivity contribution in [1.82, 2.24) is 10.2 Å². The standard InChI is InChI=1S/C21H22N2O3/c24-17(22-16-7-3-5-12-4-1-2-6-15(12)16)11-23-20(25)18-13-8-9-14(10-13)19(18)21(23)26/h1-2,4,6,8-9,13-14,16,18-19H,3,5,7,10-11H2,(H,22,24)/t13-,14-,16+,18-,19-/m0/s1. The van der Waals surface area contributed by atoms with Crippen molar-refractivity contribution in [2.75, 3.05) is 6.54 Å². The van der Waals surface area contributed by atoms with Crippen molar-refractivity contribution in [3.8, 4) is 0 Å². The molecule has 2 bridgehead atoms. The van der Waals surface area contributed by atoms with Crippen LogP contribution in [0.2, 0.25) is 0 Å². The van der Waals surface area contributed by atoms with E-state index in [1.807, 2.05) is 12.1 Å². The summed E-state index contributed by atoms with van der Waals surface area (Å²) in [5.74, 6) is -0.665. The molecule has 1 aliphatic heterocycles. The van der Waals surface area contributed by atoms with E-state index in [0.717, 1.165) is 31.2 Å². The first kappa shape index (κ1) is 15.8. The van der Waals surface area contributed by atoms with Gasteiger partial charge in [0.25, 0.3) is 0 Å². The molecule has 5 rings (SSSR count). The van der Waals surface area contributed by atoms with Crippen molar-refractivity contribution >= 4 is 17.7 Å². The first-order valence-corrected chi connectivity index (χ1v) is 9.54. The van der Waals surface area contributed by atoms with Gasteiger partial charge in [0.05, 0.1) is 17.9 Å². The summed E-state index contributed by atoms with van der Waals surface area (Å²) in [5, 5.41) is 3.05. The number of carbonyl (C=O) groups is 3. The Kier molecular flexibility index (Phi) is 3.52. The molecule has 1 heterocycles. The number of rotatable bonds is 3. The van der Waals surface area contributed by atoms with Crippen LogP contribution in [0, 0.1) is 23.7 Å². The van der Waals surface area contributed by atoms with Crippen LogP contribution in [0.5, 0.6) is 0 Å². The fraction of sp³-hybridized carbons (Fsp3) is 0.476. The number of hydrogen-bond acceptors (Lipinski definition) is 3. The zero-order valence-corrected chi connectivity index (χ0v) is 14.6. The molecule has 134 valence electrons. The van der Waals surface area contributed by atoms with E-state index in [1.54, 1.807) is 0 Å². The van der Waals surface area contributed by atoms with Gasteiger partial charge >= 0.3 is 0 Å². The van der Waals surface area contributed by atoms with Gasteiger partial charge in [-0.25, -0.2) is 0 Å². The summed E-state index contributed by atoms with van der Waals surface area (Å²) in [6, 6.07) is 8.13. The molecule has 1 saturated heterocycles. The van der Waals surface area contributed by atoms with Crippen molar-refractivity contribution in [3.05, 3.63) is 47.5 Å². The molecular formula is C21H22N2O3. The maximum atomic E-state index is 12.7. The average Bonchev–Trinajstić information content (AvgIpc) is 3.32. The Hall–Kier alpha value is -2.43. The Balaban J connectivity index is 1.29. The largest absolute Gasteiger partial charge is 0.348 e. The van der Waals surface area contributed by atoms with E-state index in [1.165, 1.54) is 10.5 Å². The van der Waals surface area contributed by atoms with Crippen molar-refractivity contribution in [1.29, 1.82) is 0 Å². The van der Waals surface area contributed by atoms with Crippen molar-refractivity contribution < 1.29 is 14.4 Å². The Morgan fingerprint density at radius 2 is 1.77 bits per heavy atom. The van der Waals surface area contributed by atoms with Gasteiger partial charge < -0.3 is 5.32 Å². The molecule has 5 atom stereocenters. The summed E-state index contributed by atoms with van der Waals surface area (Å²) in [7, 11) is 0. The maximum Gasteiger partial charge on any atom is 0.240 e. The second kappa shape index (κ2) is 5.79. The van der Waals surface area contributed by atoms with E-state index in [4.69, 9.17) is 0 Å². The lowest BCUT2D eigenvalue weighted by atomic mass is 9.85. The quantitative estimate of drug-likeness (QED) is 0.670. The monoisotopic (exact) mass is 350 g/mol. The highest BCUT2D eigenvalue weighted by Crippen LogP contribution is 2.52. The summed E-state index contributed by atoms with van der Waals surface area (Å²) in [5.41, 5.74) is 2.43. The molecule has 5 heteroatoms. The lowest BCUT2D eigenvalue weighted by Gasteiger charge is -2.27. The molecule has 5 nitrogen and oxygen atoms in total. The average molecular weight is 350 g/mol. The fourth-order valence-electron chi connectivity index (χ4n) is 5.41. The third-order valence-electron chi connectivity index (χ3n) is 6.57. The molecule has 1 saturated carbocycles. The zero-order valence-electron chi connectivity index (χ0n) is 14.6. The Morgan fingerprint density at radius 3 is 2.50 bits per heavy atom. The number of likely N-dealkylation sites (tertiary alicyclic amines) is 1. The smallest absolute Gasteiger partial charge is 0.240 e. The second-order valence-electron chi connectivity index (χ2n) is 7.97. The van der Waals surface area contributed by atoms with Crippen molar-refractivity contribution in [3.63, 3.8) is 0 Å². The number of hydrogen-bond donors (Lipinski definition) is 1. The van der Waals surface area contributed by atoms with Crippen LogP contribution in [-0.2, 0) is 20.8 Å². The van der Waals surface area contributed by atoms with Crippen LogP contribution in [0.15, 0.2) is 36.4 Å². The highest BCUT2D eigenvalue weighted by molar-refractivity contribution is 6.08. The van der Waals surface area contributed by atoms with Gasteiger partial charge in [0.2, 0.25) is 17.7 Å². The van der Waals surface area contributed by atoms with E-state index in [9.17, 15) is 14.4 Å². The molecule has 0 aromatic heterocycles. The minimum Gasteiger partial charge on any atom is -0.348 e. The zero-order chi connectivity index (χ0) is 17.8. The highest BCUT2D eigenvalue weighted by Gasteiger charge is 2.59. The Labute approximate surface area is 152 Å². The Morgan fingerprint density at radius 1 is 1.08 bits per heavy atom. The molecule has 1 aromatic rings. The number of benzene rings is 1. The van der Waals surface area contributed by atoms with Gasteiger partial charge in [0, 0.05) is 0 Å². The number of fused-ring (bicyclic) bond motifs is 6. The molecule has 4 aliphatic rings. The third kappa shape index (κ3) is 2.26. The number of allylic oxidation sites excluding steroid dienone is 2. The molecule has 0 unspecified atom stereocenters. The van der Waals surface area contributed by atoms with Crippen molar-refractivity contribution in [2.45, 2.75) is 31.7 Å². The van der Waals surface area contributed by atoms with Crippen LogP contribution in [-0.4, -0.2) is 29.2 Å².